The summed E-state index contributed by atoms with van der Waals surface area (Å²) in [5.41, 5.74) is 8.47. The first-order valence-electron chi connectivity index (χ1n) is 14.5. The number of rotatable bonds is 9. The van der Waals surface area contributed by atoms with Gasteiger partial charge in [-0.05, 0) is 72.2 Å². The van der Waals surface area contributed by atoms with Crippen molar-refractivity contribution in [1.29, 1.82) is 0 Å². The zero-order chi connectivity index (χ0) is 28.2. The molecule has 0 saturated carbocycles. The smallest absolute Gasteiger partial charge is 0.241 e. The molecule has 1 aliphatic heterocycles. The zero-order valence-electron chi connectivity index (χ0n) is 23.7. The Hall–Kier alpha value is -4.53. The minimum absolute atomic E-state index is 0.170. The van der Waals surface area contributed by atoms with Crippen molar-refractivity contribution in [2.75, 3.05) is 25.0 Å². The van der Waals surface area contributed by atoms with Crippen molar-refractivity contribution in [1.82, 2.24) is 35.1 Å². The zero-order valence-corrected chi connectivity index (χ0v) is 23.7. The van der Waals surface area contributed by atoms with Crippen molar-refractivity contribution in [3.8, 4) is 22.5 Å². The summed E-state index contributed by atoms with van der Waals surface area (Å²) in [7, 11) is 0. The van der Waals surface area contributed by atoms with E-state index in [4.69, 9.17) is 4.98 Å². The fourth-order valence-electron chi connectivity index (χ4n) is 5.74. The number of nitrogens with zero attached hydrogens (tertiary/aromatic N) is 6. The summed E-state index contributed by atoms with van der Waals surface area (Å²) in [6.07, 6.45) is 5.34. The number of anilines is 1. The number of carbonyl (C=O) groups excluding carboxylic acids is 1. The molecule has 0 bridgehead atoms. The molecular weight excluding hydrogens is 512 g/mol. The second-order valence-electron chi connectivity index (χ2n) is 10.8. The maximum absolute atomic E-state index is 12.8. The highest BCUT2D eigenvalue weighted by atomic mass is 16.2. The molecule has 9 nitrogen and oxygen atoms in total. The second-order valence-corrected chi connectivity index (χ2v) is 10.8. The van der Waals surface area contributed by atoms with Crippen molar-refractivity contribution in [3.63, 3.8) is 0 Å². The molecule has 2 aromatic heterocycles. The second kappa shape index (κ2) is 11.9. The van der Waals surface area contributed by atoms with E-state index >= 15 is 0 Å². The first-order valence-corrected chi connectivity index (χ1v) is 14.5. The van der Waals surface area contributed by atoms with Crippen LogP contribution in [-0.2, 0) is 17.8 Å². The van der Waals surface area contributed by atoms with Crippen molar-refractivity contribution < 1.29 is 4.79 Å². The summed E-state index contributed by atoms with van der Waals surface area (Å²) >= 11 is 0. The molecule has 5 aromatic rings. The summed E-state index contributed by atoms with van der Waals surface area (Å²) in [5, 5.41) is 18.0. The molecule has 210 valence electrons. The van der Waals surface area contributed by atoms with E-state index in [2.05, 4.69) is 86.8 Å². The minimum atomic E-state index is 0.170. The molecular formula is C32H36N8O. The largest absolute Gasteiger partial charge is 0.376 e. The number of H-pyrrole nitrogens is 1. The van der Waals surface area contributed by atoms with Crippen molar-refractivity contribution in [2.45, 2.75) is 52.5 Å². The Bertz CT molecular complexity index is 1630. The number of imidazole rings is 1. The third-order valence-corrected chi connectivity index (χ3v) is 7.87. The number of hydrogen-bond acceptors (Lipinski definition) is 6. The number of carbonyl (C=O) groups is 1. The van der Waals surface area contributed by atoms with Crippen LogP contribution in [0.1, 0.15) is 49.6 Å². The molecule has 1 saturated heterocycles. The van der Waals surface area contributed by atoms with Crippen LogP contribution in [-0.4, -0.2) is 60.6 Å². The molecule has 1 fully saturated rings. The number of aryl methyl sites for hydroxylation is 2. The fourth-order valence-corrected chi connectivity index (χ4v) is 5.74. The van der Waals surface area contributed by atoms with E-state index in [9.17, 15) is 4.79 Å². The Morgan fingerprint density at radius 1 is 1.00 bits per heavy atom. The van der Waals surface area contributed by atoms with Crippen LogP contribution >= 0.6 is 0 Å². The summed E-state index contributed by atoms with van der Waals surface area (Å²) < 4.78 is 2.33. The lowest BCUT2D eigenvalue weighted by Crippen LogP contribution is -2.39. The summed E-state index contributed by atoms with van der Waals surface area (Å²) in [6.45, 7) is 7.05. The highest BCUT2D eigenvalue weighted by Gasteiger charge is 2.18. The van der Waals surface area contributed by atoms with Gasteiger partial charge in [-0.1, -0.05) is 55.5 Å². The van der Waals surface area contributed by atoms with Crippen LogP contribution in [0.3, 0.4) is 0 Å². The van der Waals surface area contributed by atoms with Gasteiger partial charge in [-0.15, -0.1) is 10.2 Å². The van der Waals surface area contributed by atoms with E-state index < -0.39 is 0 Å². The van der Waals surface area contributed by atoms with E-state index in [-0.39, 0.29) is 5.91 Å². The van der Waals surface area contributed by atoms with Gasteiger partial charge in [0.25, 0.3) is 0 Å². The maximum Gasteiger partial charge on any atom is 0.241 e. The van der Waals surface area contributed by atoms with Gasteiger partial charge in [0.1, 0.15) is 5.82 Å². The lowest BCUT2D eigenvalue weighted by Gasteiger charge is -2.27. The van der Waals surface area contributed by atoms with Gasteiger partial charge in [0, 0.05) is 37.3 Å². The van der Waals surface area contributed by atoms with Gasteiger partial charge in [0.15, 0.2) is 0 Å². The summed E-state index contributed by atoms with van der Waals surface area (Å²) in [4.78, 5) is 19.8. The SMILES string of the molecule is CCCc1nc2c(C)cc(NCC(=O)N3CCCCC3)cc2n1Cc1ccc(-c2ccccc2-c2nn[nH]n2)cc1. The van der Waals surface area contributed by atoms with Gasteiger partial charge in [-0.3, -0.25) is 4.79 Å². The Morgan fingerprint density at radius 2 is 1.78 bits per heavy atom. The third kappa shape index (κ3) is 5.70. The van der Waals surface area contributed by atoms with Crippen LogP contribution in [0.4, 0.5) is 5.69 Å². The molecule has 0 spiro atoms. The molecule has 1 amide bonds. The van der Waals surface area contributed by atoms with Gasteiger partial charge in [0.05, 0.1) is 17.6 Å². The van der Waals surface area contributed by atoms with Crippen LogP contribution in [0.25, 0.3) is 33.5 Å². The fraction of sp³-hybridized carbons (Fsp3) is 0.344. The predicted octanol–water partition coefficient (Wildman–Crippen LogP) is 5.62. The average Bonchev–Trinajstić information content (AvgIpc) is 3.66. The molecule has 3 aromatic carbocycles. The Kier molecular flexibility index (Phi) is 7.75. The highest BCUT2D eigenvalue weighted by molar-refractivity contribution is 5.86. The maximum atomic E-state index is 12.8. The normalized spacial score (nSPS) is 13.6. The van der Waals surface area contributed by atoms with Crippen LogP contribution in [0, 0.1) is 6.92 Å². The minimum Gasteiger partial charge on any atom is -0.376 e. The number of fused-ring (bicyclic) bond motifs is 1. The predicted molar refractivity (Wildman–Crippen MR) is 162 cm³/mol. The molecule has 9 heteroatoms. The molecule has 0 atom stereocenters. The molecule has 3 heterocycles. The monoisotopic (exact) mass is 548 g/mol. The Morgan fingerprint density at radius 3 is 2.51 bits per heavy atom. The van der Waals surface area contributed by atoms with Gasteiger partial charge < -0.3 is 14.8 Å². The third-order valence-electron chi connectivity index (χ3n) is 7.87. The van der Waals surface area contributed by atoms with Crippen molar-refractivity contribution >= 4 is 22.6 Å². The lowest BCUT2D eigenvalue weighted by molar-refractivity contribution is -0.130. The van der Waals surface area contributed by atoms with E-state index in [1.54, 1.807) is 0 Å². The van der Waals surface area contributed by atoms with Crippen LogP contribution < -0.4 is 5.32 Å². The molecule has 0 unspecified atom stereocenters. The van der Waals surface area contributed by atoms with Crippen molar-refractivity contribution in [3.05, 3.63) is 77.6 Å². The molecule has 2 N–H and O–H groups in total. The Labute approximate surface area is 240 Å². The van der Waals surface area contributed by atoms with Crippen molar-refractivity contribution in [2.24, 2.45) is 0 Å². The van der Waals surface area contributed by atoms with E-state index in [0.29, 0.717) is 18.9 Å². The van der Waals surface area contributed by atoms with E-state index in [1.807, 2.05) is 23.1 Å². The summed E-state index contributed by atoms with van der Waals surface area (Å²) in [6, 6.07) is 21.0. The van der Waals surface area contributed by atoms with Crippen LogP contribution in [0.5, 0.6) is 0 Å². The first-order chi connectivity index (χ1) is 20.1. The number of aromatic amines is 1. The number of amides is 1. The van der Waals surface area contributed by atoms with Gasteiger partial charge >= 0.3 is 0 Å². The molecule has 6 rings (SSSR count). The number of aromatic nitrogens is 6. The van der Waals surface area contributed by atoms with E-state index in [0.717, 1.165) is 83.6 Å². The summed E-state index contributed by atoms with van der Waals surface area (Å²) in [5.74, 6) is 1.83. The standard InChI is InChI=1S/C32H36N8O/c1-3-9-29-34-31-22(2)18-25(33-20-30(41)39-16-7-4-8-17-39)19-28(31)40(29)21-23-12-14-24(15-13-23)26-10-5-6-11-27(26)32-35-37-38-36-32/h5-6,10-15,18-19,33H,3-4,7-9,16-17,20-21H2,1-2H3,(H,35,36,37,38). The van der Waals surface area contributed by atoms with E-state index in [1.165, 1.54) is 12.0 Å². The van der Waals surface area contributed by atoms with Crippen LogP contribution in [0.2, 0.25) is 0 Å². The molecule has 1 aliphatic rings. The highest BCUT2D eigenvalue weighted by Crippen LogP contribution is 2.31. The van der Waals surface area contributed by atoms with Gasteiger partial charge in [-0.2, -0.15) is 5.21 Å². The Balaban J connectivity index is 1.26. The van der Waals surface area contributed by atoms with Gasteiger partial charge in [0.2, 0.25) is 11.7 Å². The topological polar surface area (TPSA) is 105 Å². The first kappa shape index (κ1) is 26.7. The number of likely N-dealkylation sites (tertiary alicyclic amines) is 1. The van der Waals surface area contributed by atoms with Gasteiger partial charge in [-0.25, -0.2) is 4.98 Å². The average molecular weight is 549 g/mol. The molecule has 41 heavy (non-hydrogen) atoms. The number of tetrazole rings is 1. The lowest BCUT2D eigenvalue weighted by atomic mass is 9.98. The molecule has 0 radical (unpaired) electrons. The quantitative estimate of drug-likeness (QED) is 0.248. The van der Waals surface area contributed by atoms with Crippen LogP contribution in [0.15, 0.2) is 60.7 Å². The number of benzene rings is 3. The number of piperidine rings is 1. The number of hydrogen-bond donors (Lipinski definition) is 2. The molecule has 0 aliphatic carbocycles. The number of nitrogens with one attached hydrogen (secondary N) is 2.